The standard InChI is InChI=1S/C14H23N5S/c1-11(2)5-4-6-16-13(15-3)17-9-12-10-19-7-8-20-14(19)18-12/h7-8,10-11H,4-6,9H2,1-3H3,(H2,15,16,17). The topological polar surface area (TPSA) is 53.7 Å². The van der Waals surface area contributed by atoms with Crippen LogP contribution in [0.15, 0.2) is 22.8 Å². The van der Waals surface area contributed by atoms with Crippen molar-refractivity contribution in [3.63, 3.8) is 0 Å². The molecule has 0 unspecified atom stereocenters. The van der Waals surface area contributed by atoms with Crippen LogP contribution in [0, 0.1) is 5.92 Å². The zero-order valence-corrected chi connectivity index (χ0v) is 13.2. The second-order valence-corrected chi connectivity index (χ2v) is 6.09. The molecule has 2 rings (SSSR count). The van der Waals surface area contributed by atoms with Crippen molar-refractivity contribution in [1.82, 2.24) is 20.0 Å². The molecular weight excluding hydrogens is 270 g/mol. The van der Waals surface area contributed by atoms with E-state index >= 15 is 0 Å². The number of thiazole rings is 1. The molecule has 0 radical (unpaired) electrons. The normalized spacial score (nSPS) is 12.3. The number of nitrogens with one attached hydrogen (secondary N) is 2. The van der Waals surface area contributed by atoms with Gasteiger partial charge in [0.15, 0.2) is 10.9 Å². The molecule has 5 nitrogen and oxygen atoms in total. The molecule has 0 aromatic carbocycles. The van der Waals surface area contributed by atoms with Crippen LogP contribution in [0.1, 0.15) is 32.4 Å². The number of hydrogen-bond acceptors (Lipinski definition) is 3. The summed E-state index contributed by atoms with van der Waals surface area (Å²) >= 11 is 1.65. The first-order valence-corrected chi connectivity index (χ1v) is 7.92. The Bertz CT molecular complexity index is 526. The fourth-order valence-electron chi connectivity index (χ4n) is 1.97. The monoisotopic (exact) mass is 293 g/mol. The Morgan fingerprint density at radius 1 is 1.45 bits per heavy atom. The molecule has 6 heteroatoms. The van der Waals surface area contributed by atoms with Crippen LogP contribution in [-0.2, 0) is 6.54 Å². The zero-order valence-electron chi connectivity index (χ0n) is 12.4. The average Bonchev–Trinajstić information content (AvgIpc) is 2.98. The van der Waals surface area contributed by atoms with Crippen LogP contribution in [-0.4, -0.2) is 28.9 Å². The van der Waals surface area contributed by atoms with Gasteiger partial charge in [-0.25, -0.2) is 4.98 Å². The van der Waals surface area contributed by atoms with Crippen molar-refractivity contribution >= 4 is 22.3 Å². The molecule has 2 aromatic heterocycles. The molecule has 0 aliphatic rings. The Hall–Kier alpha value is -1.56. The predicted octanol–water partition coefficient (Wildman–Crippen LogP) is 2.50. The molecule has 0 aliphatic heterocycles. The first kappa shape index (κ1) is 14.8. The molecule has 0 atom stereocenters. The lowest BCUT2D eigenvalue weighted by atomic mass is 10.1. The number of aliphatic imine (C=N–C) groups is 1. The van der Waals surface area contributed by atoms with Crippen LogP contribution in [0.3, 0.4) is 0 Å². The highest BCUT2D eigenvalue weighted by Crippen LogP contribution is 2.10. The van der Waals surface area contributed by atoms with Crippen LogP contribution >= 0.6 is 11.3 Å². The van der Waals surface area contributed by atoms with Gasteiger partial charge in [-0.15, -0.1) is 11.3 Å². The van der Waals surface area contributed by atoms with E-state index in [1.807, 2.05) is 22.2 Å². The van der Waals surface area contributed by atoms with E-state index in [0.29, 0.717) is 6.54 Å². The summed E-state index contributed by atoms with van der Waals surface area (Å²) in [5.74, 6) is 1.59. The van der Waals surface area contributed by atoms with Crippen molar-refractivity contribution in [3.8, 4) is 0 Å². The van der Waals surface area contributed by atoms with E-state index in [-0.39, 0.29) is 0 Å². The Morgan fingerprint density at radius 3 is 3.00 bits per heavy atom. The minimum absolute atomic E-state index is 0.693. The lowest BCUT2D eigenvalue weighted by molar-refractivity contribution is 0.549. The Balaban J connectivity index is 1.74. The minimum Gasteiger partial charge on any atom is -0.356 e. The van der Waals surface area contributed by atoms with Crippen molar-refractivity contribution in [3.05, 3.63) is 23.5 Å². The van der Waals surface area contributed by atoms with Gasteiger partial charge < -0.3 is 10.6 Å². The molecule has 0 aliphatic carbocycles. The van der Waals surface area contributed by atoms with Crippen LogP contribution in [0.25, 0.3) is 4.96 Å². The van der Waals surface area contributed by atoms with E-state index in [1.165, 1.54) is 12.8 Å². The molecule has 0 bridgehead atoms. The van der Waals surface area contributed by atoms with E-state index in [9.17, 15) is 0 Å². The molecule has 2 aromatic rings. The maximum Gasteiger partial charge on any atom is 0.193 e. The third kappa shape index (κ3) is 4.23. The quantitative estimate of drug-likeness (QED) is 0.489. The third-order valence-electron chi connectivity index (χ3n) is 3.05. The molecule has 0 fully saturated rings. The Labute approximate surface area is 124 Å². The molecule has 0 saturated heterocycles. The number of guanidine groups is 1. The van der Waals surface area contributed by atoms with E-state index in [0.717, 1.165) is 29.1 Å². The average molecular weight is 293 g/mol. The molecule has 0 amide bonds. The highest BCUT2D eigenvalue weighted by Gasteiger charge is 2.03. The van der Waals surface area contributed by atoms with E-state index < -0.39 is 0 Å². The summed E-state index contributed by atoms with van der Waals surface area (Å²) in [6.07, 6.45) is 6.47. The number of imidazole rings is 1. The number of aromatic nitrogens is 2. The van der Waals surface area contributed by atoms with Crippen molar-refractivity contribution in [2.45, 2.75) is 33.2 Å². The highest BCUT2D eigenvalue weighted by molar-refractivity contribution is 7.15. The van der Waals surface area contributed by atoms with Crippen LogP contribution in [0.4, 0.5) is 0 Å². The summed E-state index contributed by atoms with van der Waals surface area (Å²) in [6.45, 7) is 6.14. The summed E-state index contributed by atoms with van der Waals surface area (Å²) in [5.41, 5.74) is 1.03. The second-order valence-electron chi connectivity index (χ2n) is 5.21. The predicted molar refractivity (Wildman–Crippen MR) is 85.3 cm³/mol. The van der Waals surface area contributed by atoms with Gasteiger partial charge in [0.2, 0.25) is 0 Å². The molecule has 0 spiro atoms. The van der Waals surface area contributed by atoms with E-state index in [1.54, 1.807) is 18.4 Å². The number of fused-ring (bicyclic) bond motifs is 1. The van der Waals surface area contributed by atoms with Gasteiger partial charge in [0, 0.05) is 31.4 Å². The van der Waals surface area contributed by atoms with Crippen LogP contribution < -0.4 is 10.6 Å². The SMILES string of the molecule is CN=C(NCCCC(C)C)NCc1cn2ccsc2n1. The maximum atomic E-state index is 4.53. The first-order valence-electron chi connectivity index (χ1n) is 7.04. The van der Waals surface area contributed by atoms with Crippen LogP contribution in [0.2, 0.25) is 0 Å². The van der Waals surface area contributed by atoms with Gasteiger partial charge in [-0.05, 0) is 18.8 Å². The van der Waals surface area contributed by atoms with Gasteiger partial charge in [0.1, 0.15) is 0 Å². The summed E-state index contributed by atoms with van der Waals surface area (Å²) in [6, 6.07) is 0. The molecule has 2 heterocycles. The van der Waals surface area contributed by atoms with Gasteiger partial charge in [-0.1, -0.05) is 13.8 Å². The van der Waals surface area contributed by atoms with E-state index in [2.05, 4.69) is 34.5 Å². The van der Waals surface area contributed by atoms with Crippen molar-refractivity contribution < 1.29 is 0 Å². The lowest BCUT2D eigenvalue weighted by Gasteiger charge is -2.11. The summed E-state index contributed by atoms with van der Waals surface area (Å²) in [5, 5.41) is 8.66. The number of rotatable bonds is 6. The Kier molecular flexibility index (Phi) is 5.40. The van der Waals surface area contributed by atoms with Gasteiger partial charge >= 0.3 is 0 Å². The number of hydrogen-bond donors (Lipinski definition) is 2. The maximum absolute atomic E-state index is 4.53. The Morgan fingerprint density at radius 2 is 2.30 bits per heavy atom. The minimum atomic E-state index is 0.693. The summed E-state index contributed by atoms with van der Waals surface area (Å²) in [7, 11) is 1.80. The smallest absolute Gasteiger partial charge is 0.193 e. The van der Waals surface area contributed by atoms with Gasteiger partial charge in [-0.2, -0.15) is 0 Å². The van der Waals surface area contributed by atoms with Gasteiger partial charge in [0.25, 0.3) is 0 Å². The fraction of sp³-hybridized carbons (Fsp3) is 0.571. The second kappa shape index (κ2) is 7.28. The van der Waals surface area contributed by atoms with Crippen LogP contribution in [0.5, 0.6) is 0 Å². The van der Waals surface area contributed by atoms with E-state index in [4.69, 9.17) is 0 Å². The summed E-state index contributed by atoms with van der Waals surface area (Å²) in [4.78, 5) is 9.79. The molecule has 2 N–H and O–H groups in total. The summed E-state index contributed by atoms with van der Waals surface area (Å²) < 4.78 is 2.04. The van der Waals surface area contributed by atoms with Crippen molar-refractivity contribution in [1.29, 1.82) is 0 Å². The van der Waals surface area contributed by atoms with Gasteiger partial charge in [0.05, 0.1) is 12.2 Å². The first-order chi connectivity index (χ1) is 9.69. The molecule has 0 saturated carbocycles. The van der Waals surface area contributed by atoms with Gasteiger partial charge in [-0.3, -0.25) is 9.39 Å². The largest absolute Gasteiger partial charge is 0.356 e. The third-order valence-corrected chi connectivity index (χ3v) is 3.83. The fourth-order valence-corrected chi connectivity index (χ4v) is 2.69. The van der Waals surface area contributed by atoms with Crippen molar-refractivity contribution in [2.75, 3.05) is 13.6 Å². The highest BCUT2D eigenvalue weighted by atomic mass is 32.1. The van der Waals surface area contributed by atoms with Crippen molar-refractivity contribution in [2.24, 2.45) is 10.9 Å². The molecule has 110 valence electrons. The zero-order chi connectivity index (χ0) is 14.4. The number of nitrogens with zero attached hydrogens (tertiary/aromatic N) is 3. The molecule has 20 heavy (non-hydrogen) atoms. The lowest BCUT2D eigenvalue weighted by Crippen LogP contribution is -2.37. The molecular formula is C14H23N5S.